The molecule has 156 valence electrons. The Hall–Kier alpha value is -3.44. The zero-order valence-electron chi connectivity index (χ0n) is 15.6. The molecule has 0 atom stereocenters. The van der Waals surface area contributed by atoms with Crippen molar-refractivity contribution in [2.24, 2.45) is 0 Å². The van der Waals surface area contributed by atoms with Gasteiger partial charge in [0.1, 0.15) is 0 Å². The first-order valence-corrected chi connectivity index (χ1v) is 8.25. The lowest BCUT2D eigenvalue weighted by atomic mass is 10.0. The second-order valence-electron chi connectivity index (χ2n) is 5.59. The summed E-state index contributed by atoms with van der Waals surface area (Å²) in [6, 6.07) is 0. The van der Waals surface area contributed by atoms with E-state index in [9.17, 15) is 39.0 Å². The first-order chi connectivity index (χ1) is 13.0. The third-order valence-corrected chi connectivity index (χ3v) is 3.27. The van der Waals surface area contributed by atoms with E-state index in [1.165, 1.54) is 13.8 Å². The number of carboxylic acid groups (broad SMARTS) is 2. The lowest BCUT2D eigenvalue weighted by Crippen LogP contribution is -2.37. The Labute approximate surface area is 160 Å². The van der Waals surface area contributed by atoms with Crippen LogP contribution in [0.25, 0.3) is 0 Å². The predicted molar refractivity (Wildman–Crippen MR) is 94.9 cm³/mol. The molecule has 0 saturated heterocycles. The van der Waals surface area contributed by atoms with Gasteiger partial charge in [0.05, 0.1) is 13.1 Å². The molecule has 28 heavy (non-hydrogen) atoms. The van der Waals surface area contributed by atoms with E-state index in [0.717, 1.165) is 0 Å². The van der Waals surface area contributed by atoms with Gasteiger partial charge in [0.15, 0.2) is 0 Å². The summed E-state index contributed by atoms with van der Waals surface area (Å²) in [5.74, 6) is -4.84. The number of carbonyl (C=O) groups is 6. The average molecular weight is 400 g/mol. The van der Waals surface area contributed by atoms with Crippen molar-refractivity contribution >= 4 is 35.6 Å². The largest absolute Gasteiger partial charge is 0.478 e. The van der Waals surface area contributed by atoms with Gasteiger partial charge in [-0.05, 0) is 12.8 Å². The van der Waals surface area contributed by atoms with Crippen LogP contribution >= 0.6 is 0 Å². The maximum Gasteiger partial charge on any atom is 0.332 e. The van der Waals surface area contributed by atoms with Crippen LogP contribution in [-0.4, -0.2) is 72.0 Å². The molecule has 0 heterocycles. The lowest BCUT2D eigenvalue weighted by Gasteiger charge is -2.11. The van der Waals surface area contributed by atoms with E-state index in [4.69, 9.17) is 0 Å². The quantitative estimate of drug-likeness (QED) is 0.198. The van der Waals surface area contributed by atoms with Crippen LogP contribution in [0.15, 0.2) is 11.1 Å². The number of hydrogen-bond donors (Lipinski definition) is 6. The third kappa shape index (κ3) is 11.2. The summed E-state index contributed by atoms with van der Waals surface area (Å²) in [5.41, 5.74) is -0.827. The highest BCUT2D eigenvalue weighted by atomic mass is 16.4. The Morgan fingerprint density at radius 3 is 1.18 bits per heavy atom. The fourth-order valence-electron chi connectivity index (χ4n) is 1.96. The van der Waals surface area contributed by atoms with Crippen molar-refractivity contribution < 1.29 is 39.0 Å². The number of aliphatic carboxylic acids is 2. The molecule has 0 unspecified atom stereocenters. The van der Waals surface area contributed by atoms with Gasteiger partial charge in [0, 0.05) is 38.1 Å². The fraction of sp³-hybridized carbons (Fsp3) is 0.500. The highest BCUT2D eigenvalue weighted by molar-refractivity contribution is 5.99. The molecule has 6 N–H and O–H groups in total. The molecule has 12 heteroatoms. The number of carboxylic acids is 2. The molecule has 0 aromatic carbocycles. The second kappa shape index (κ2) is 12.8. The molecular formula is C16H24N4O8. The number of rotatable bonds is 12. The van der Waals surface area contributed by atoms with E-state index < -0.39 is 46.7 Å². The van der Waals surface area contributed by atoms with Crippen molar-refractivity contribution in [2.75, 3.05) is 26.2 Å². The summed E-state index contributed by atoms with van der Waals surface area (Å²) in [7, 11) is 0. The van der Waals surface area contributed by atoms with Gasteiger partial charge in [-0.15, -0.1) is 0 Å². The monoisotopic (exact) mass is 400 g/mol. The molecule has 0 radical (unpaired) electrons. The first kappa shape index (κ1) is 24.6. The van der Waals surface area contributed by atoms with Crippen LogP contribution in [0.3, 0.4) is 0 Å². The van der Waals surface area contributed by atoms with E-state index in [1.807, 2.05) is 0 Å². The molecule has 0 aromatic rings. The molecule has 0 rings (SSSR count). The van der Waals surface area contributed by atoms with Gasteiger partial charge >= 0.3 is 11.9 Å². The van der Waals surface area contributed by atoms with Crippen molar-refractivity contribution in [3.63, 3.8) is 0 Å². The summed E-state index contributed by atoms with van der Waals surface area (Å²) < 4.78 is 0. The molecular weight excluding hydrogens is 376 g/mol. The molecule has 4 amide bonds. The smallest absolute Gasteiger partial charge is 0.332 e. The Kier molecular flexibility index (Phi) is 11.3. The Bertz CT molecular complexity index is 616. The van der Waals surface area contributed by atoms with Gasteiger partial charge < -0.3 is 31.5 Å². The number of nitrogens with one attached hydrogen (secondary N) is 4. The summed E-state index contributed by atoms with van der Waals surface area (Å²) >= 11 is 0. The average Bonchev–Trinajstić information content (AvgIpc) is 2.59. The highest BCUT2D eigenvalue weighted by Gasteiger charge is 2.20. The zero-order chi connectivity index (χ0) is 21.7. The van der Waals surface area contributed by atoms with Gasteiger partial charge in [-0.3, -0.25) is 19.2 Å². The topological polar surface area (TPSA) is 191 Å². The van der Waals surface area contributed by atoms with Crippen molar-refractivity contribution in [1.82, 2.24) is 21.3 Å². The van der Waals surface area contributed by atoms with Crippen LogP contribution in [0.4, 0.5) is 0 Å². The van der Waals surface area contributed by atoms with E-state index in [2.05, 4.69) is 21.3 Å². The van der Waals surface area contributed by atoms with Crippen LogP contribution in [0.2, 0.25) is 0 Å². The highest BCUT2D eigenvalue weighted by Crippen LogP contribution is 2.13. The standard InChI is InChI=1S/C16H24N4O8/c1-9(21)19-7-13(23)17-5-3-11(15(25)26)12(16(27)28)4-6-18-14(24)8-20-10(2)22/h3-8H2,1-2H3,(H,17,23)(H,18,24)(H,19,21)(H,20,22)(H,25,26)(H,27,28)/b12-11+. The molecule has 0 bridgehead atoms. The molecule has 0 spiro atoms. The van der Waals surface area contributed by atoms with E-state index in [-0.39, 0.29) is 39.0 Å². The van der Waals surface area contributed by atoms with Crippen LogP contribution in [0, 0.1) is 0 Å². The van der Waals surface area contributed by atoms with Crippen LogP contribution in [0.1, 0.15) is 26.7 Å². The van der Waals surface area contributed by atoms with E-state index in [0.29, 0.717) is 0 Å². The van der Waals surface area contributed by atoms with E-state index in [1.54, 1.807) is 0 Å². The van der Waals surface area contributed by atoms with Gasteiger partial charge in [-0.1, -0.05) is 0 Å². The first-order valence-electron chi connectivity index (χ1n) is 8.25. The summed E-state index contributed by atoms with van der Waals surface area (Å²) in [5, 5.41) is 27.8. The number of hydrogen-bond acceptors (Lipinski definition) is 6. The summed E-state index contributed by atoms with van der Waals surface area (Å²) in [6.45, 7) is 1.60. The minimum atomic E-state index is -1.46. The Morgan fingerprint density at radius 1 is 0.607 bits per heavy atom. The Morgan fingerprint density at radius 2 is 0.929 bits per heavy atom. The van der Waals surface area contributed by atoms with Crippen LogP contribution < -0.4 is 21.3 Å². The normalized spacial score (nSPS) is 10.9. The third-order valence-electron chi connectivity index (χ3n) is 3.27. The SMILES string of the molecule is CC(=O)NCC(=O)NCC/C(C(=O)O)=C(/CCNC(=O)CNC(C)=O)C(=O)O. The lowest BCUT2D eigenvalue weighted by molar-refractivity contribution is -0.136. The molecule has 0 aliphatic carbocycles. The fourth-order valence-corrected chi connectivity index (χ4v) is 1.96. The van der Waals surface area contributed by atoms with E-state index >= 15 is 0 Å². The summed E-state index contributed by atoms with van der Waals surface area (Å²) in [4.78, 5) is 67.2. The Balaban J connectivity index is 4.79. The zero-order valence-corrected chi connectivity index (χ0v) is 15.6. The van der Waals surface area contributed by atoms with Gasteiger partial charge in [0.25, 0.3) is 0 Å². The van der Waals surface area contributed by atoms with Gasteiger partial charge in [-0.2, -0.15) is 0 Å². The molecule has 0 fully saturated rings. The van der Waals surface area contributed by atoms with Crippen molar-refractivity contribution in [2.45, 2.75) is 26.7 Å². The van der Waals surface area contributed by atoms with Crippen LogP contribution in [-0.2, 0) is 28.8 Å². The number of carbonyl (C=O) groups excluding carboxylic acids is 4. The van der Waals surface area contributed by atoms with Crippen molar-refractivity contribution in [1.29, 1.82) is 0 Å². The minimum Gasteiger partial charge on any atom is -0.478 e. The van der Waals surface area contributed by atoms with Gasteiger partial charge in [-0.25, -0.2) is 9.59 Å². The molecule has 0 saturated carbocycles. The minimum absolute atomic E-state index is 0.147. The maximum atomic E-state index is 11.5. The van der Waals surface area contributed by atoms with Crippen molar-refractivity contribution in [3.8, 4) is 0 Å². The predicted octanol–water partition coefficient (Wildman–Crippen LogP) is -2.26. The maximum absolute atomic E-state index is 11.5. The van der Waals surface area contributed by atoms with Crippen molar-refractivity contribution in [3.05, 3.63) is 11.1 Å². The second-order valence-corrected chi connectivity index (χ2v) is 5.59. The summed E-state index contributed by atoms with van der Waals surface area (Å²) in [6.07, 6.45) is -0.523. The van der Waals surface area contributed by atoms with Gasteiger partial charge in [0.2, 0.25) is 23.6 Å². The van der Waals surface area contributed by atoms with Crippen LogP contribution in [0.5, 0.6) is 0 Å². The molecule has 0 aliphatic heterocycles. The molecule has 0 aliphatic rings. The molecule has 0 aromatic heterocycles. The molecule has 12 nitrogen and oxygen atoms in total. The number of amides is 4.